The summed E-state index contributed by atoms with van der Waals surface area (Å²) in [5.74, 6) is -3.86. The van der Waals surface area contributed by atoms with Gasteiger partial charge in [0, 0.05) is 36.4 Å². The van der Waals surface area contributed by atoms with Crippen LogP contribution in [-0.4, -0.2) is 64.4 Å². The molecule has 4 amide bonds. The third-order valence-corrected chi connectivity index (χ3v) is 6.10. The predicted molar refractivity (Wildman–Crippen MR) is 143 cm³/mol. The van der Waals surface area contributed by atoms with Crippen LogP contribution >= 0.6 is 0 Å². The van der Waals surface area contributed by atoms with Crippen LogP contribution in [0.4, 0.5) is 0 Å². The van der Waals surface area contributed by atoms with Gasteiger partial charge in [-0.05, 0) is 23.6 Å². The molecule has 9 N–H and O–H groups in total. The Morgan fingerprint density at radius 1 is 0.846 bits per heavy atom. The Bertz CT molecular complexity index is 1320. The average molecular weight is 537 g/mol. The molecule has 0 spiro atoms. The lowest BCUT2D eigenvalue weighted by atomic mass is 10.0. The number of nitrogens with two attached hydrogens (primary N) is 2. The molecule has 0 aliphatic carbocycles. The van der Waals surface area contributed by atoms with E-state index >= 15 is 0 Å². The van der Waals surface area contributed by atoms with E-state index in [0.29, 0.717) is 0 Å². The molecule has 3 atom stereocenters. The van der Waals surface area contributed by atoms with Crippen LogP contribution in [0, 0.1) is 0 Å². The third-order valence-electron chi connectivity index (χ3n) is 6.10. The summed E-state index contributed by atoms with van der Waals surface area (Å²) in [7, 11) is 0. The number of carboxylic acid groups (broad SMARTS) is 1. The lowest BCUT2D eigenvalue weighted by Gasteiger charge is -2.24. The second kappa shape index (κ2) is 13.7. The van der Waals surface area contributed by atoms with Gasteiger partial charge in [-0.3, -0.25) is 24.0 Å². The third kappa shape index (κ3) is 8.68. The molecule has 39 heavy (non-hydrogen) atoms. The first-order valence-corrected chi connectivity index (χ1v) is 12.4. The number of carbonyl (C=O) groups excluding carboxylic acids is 4. The minimum Gasteiger partial charge on any atom is -0.480 e. The molecule has 12 heteroatoms. The van der Waals surface area contributed by atoms with Gasteiger partial charge in [-0.1, -0.05) is 48.5 Å². The minimum atomic E-state index is -1.24. The summed E-state index contributed by atoms with van der Waals surface area (Å²) < 4.78 is 0. The van der Waals surface area contributed by atoms with Crippen molar-refractivity contribution in [2.75, 3.05) is 6.54 Å². The van der Waals surface area contributed by atoms with E-state index in [-0.39, 0.29) is 25.7 Å². The van der Waals surface area contributed by atoms with Crippen molar-refractivity contribution in [1.29, 1.82) is 0 Å². The zero-order chi connectivity index (χ0) is 28.4. The number of hydrogen-bond donors (Lipinski definition) is 7. The number of fused-ring (bicyclic) bond motifs is 1. The largest absolute Gasteiger partial charge is 0.480 e. The summed E-state index contributed by atoms with van der Waals surface area (Å²) in [6.07, 6.45) is 1.78. The average Bonchev–Trinajstić information content (AvgIpc) is 3.32. The Morgan fingerprint density at radius 2 is 1.49 bits per heavy atom. The standard InChI is InChI=1S/C27H32N6O6/c28-19(10-11-23(29)34)25(37)32-21(12-16-6-2-1-3-7-16)27(39)33-22(26(38)31-15-24(35)36)13-17-14-30-20-9-5-4-8-18(17)20/h1-9,14,19,21-22,30H,10-13,15,28H2,(H2,29,34)(H,31,38)(H,32,37)(H,33,39)(H,35,36). The fourth-order valence-corrected chi connectivity index (χ4v) is 4.05. The van der Waals surface area contributed by atoms with Crippen LogP contribution in [0.3, 0.4) is 0 Å². The van der Waals surface area contributed by atoms with E-state index in [1.807, 2.05) is 24.3 Å². The fourth-order valence-electron chi connectivity index (χ4n) is 4.05. The van der Waals surface area contributed by atoms with Gasteiger partial charge in [0.1, 0.15) is 18.6 Å². The van der Waals surface area contributed by atoms with Gasteiger partial charge in [0.25, 0.3) is 0 Å². The molecule has 3 aromatic rings. The fraction of sp³-hybridized carbons (Fsp3) is 0.296. The molecule has 0 bridgehead atoms. The van der Waals surface area contributed by atoms with Crippen LogP contribution in [0.1, 0.15) is 24.0 Å². The monoisotopic (exact) mass is 536 g/mol. The molecular formula is C27H32N6O6. The Hall–Kier alpha value is -4.71. The van der Waals surface area contributed by atoms with Crippen molar-refractivity contribution in [3.8, 4) is 0 Å². The Labute approximate surface area is 224 Å². The number of H-pyrrole nitrogens is 1. The molecule has 0 aliphatic rings. The van der Waals surface area contributed by atoms with Gasteiger partial charge in [0.15, 0.2) is 0 Å². The van der Waals surface area contributed by atoms with Crippen LogP contribution in [-0.2, 0) is 36.8 Å². The molecule has 3 unspecified atom stereocenters. The van der Waals surface area contributed by atoms with Crippen molar-refractivity contribution < 1.29 is 29.1 Å². The number of aromatic amines is 1. The van der Waals surface area contributed by atoms with E-state index in [0.717, 1.165) is 22.0 Å². The smallest absolute Gasteiger partial charge is 0.322 e. The van der Waals surface area contributed by atoms with E-state index < -0.39 is 54.3 Å². The van der Waals surface area contributed by atoms with Crippen LogP contribution in [0.5, 0.6) is 0 Å². The number of para-hydroxylation sites is 1. The topological polar surface area (TPSA) is 209 Å². The van der Waals surface area contributed by atoms with Crippen molar-refractivity contribution in [3.05, 3.63) is 71.9 Å². The van der Waals surface area contributed by atoms with Crippen molar-refractivity contribution in [2.45, 2.75) is 43.8 Å². The van der Waals surface area contributed by atoms with Gasteiger partial charge in [-0.2, -0.15) is 0 Å². The summed E-state index contributed by atoms with van der Waals surface area (Å²) in [6, 6.07) is 13.0. The predicted octanol–water partition coefficient (Wildman–Crippen LogP) is -0.284. The highest BCUT2D eigenvalue weighted by Crippen LogP contribution is 2.19. The number of aromatic nitrogens is 1. The number of hydrogen-bond acceptors (Lipinski definition) is 6. The number of aliphatic carboxylic acids is 1. The first-order valence-electron chi connectivity index (χ1n) is 12.4. The van der Waals surface area contributed by atoms with Crippen LogP contribution in [0.2, 0.25) is 0 Å². The maximum absolute atomic E-state index is 13.5. The molecule has 0 saturated heterocycles. The van der Waals surface area contributed by atoms with Crippen LogP contribution in [0.25, 0.3) is 10.9 Å². The highest BCUT2D eigenvalue weighted by atomic mass is 16.4. The van der Waals surface area contributed by atoms with Gasteiger partial charge in [0.05, 0.1) is 6.04 Å². The lowest BCUT2D eigenvalue weighted by Crippen LogP contribution is -2.57. The van der Waals surface area contributed by atoms with Crippen molar-refractivity contribution in [2.24, 2.45) is 11.5 Å². The minimum absolute atomic E-state index is 0.00161. The summed E-state index contributed by atoms with van der Waals surface area (Å²) in [5.41, 5.74) is 13.3. The van der Waals surface area contributed by atoms with E-state index in [9.17, 15) is 24.0 Å². The number of carbonyl (C=O) groups is 5. The van der Waals surface area contributed by atoms with Gasteiger partial charge >= 0.3 is 5.97 Å². The summed E-state index contributed by atoms with van der Waals surface area (Å²) >= 11 is 0. The highest BCUT2D eigenvalue weighted by molar-refractivity contribution is 5.94. The molecule has 12 nitrogen and oxygen atoms in total. The second-order valence-electron chi connectivity index (χ2n) is 9.10. The molecule has 1 heterocycles. The molecule has 0 radical (unpaired) electrons. The van der Waals surface area contributed by atoms with E-state index in [2.05, 4.69) is 20.9 Å². The Morgan fingerprint density at radius 3 is 2.18 bits per heavy atom. The molecule has 0 saturated carbocycles. The van der Waals surface area contributed by atoms with Gasteiger partial charge < -0.3 is 37.5 Å². The molecule has 3 rings (SSSR count). The van der Waals surface area contributed by atoms with Crippen molar-refractivity contribution >= 4 is 40.5 Å². The zero-order valence-electron chi connectivity index (χ0n) is 21.2. The second-order valence-corrected chi connectivity index (χ2v) is 9.10. The maximum atomic E-state index is 13.5. The molecule has 0 aliphatic heterocycles. The SMILES string of the molecule is NC(=O)CCC(N)C(=O)NC(Cc1ccccc1)C(=O)NC(Cc1c[nH]c2ccccc12)C(=O)NCC(=O)O. The van der Waals surface area contributed by atoms with Gasteiger partial charge in [-0.25, -0.2) is 0 Å². The van der Waals surface area contributed by atoms with E-state index in [1.54, 1.807) is 36.5 Å². The number of carboxylic acids is 1. The lowest BCUT2D eigenvalue weighted by molar-refractivity contribution is -0.138. The van der Waals surface area contributed by atoms with Crippen LogP contribution in [0.15, 0.2) is 60.8 Å². The first-order chi connectivity index (χ1) is 18.6. The van der Waals surface area contributed by atoms with Crippen molar-refractivity contribution in [3.63, 3.8) is 0 Å². The Kier molecular flexibility index (Phi) is 10.2. The van der Waals surface area contributed by atoms with Crippen LogP contribution < -0.4 is 27.4 Å². The number of primary amides is 1. The molecular weight excluding hydrogens is 504 g/mol. The molecule has 2 aromatic carbocycles. The maximum Gasteiger partial charge on any atom is 0.322 e. The van der Waals surface area contributed by atoms with Crippen molar-refractivity contribution in [1.82, 2.24) is 20.9 Å². The Balaban J connectivity index is 1.82. The molecule has 206 valence electrons. The van der Waals surface area contributed by atoms with E-state index in [4.69, 9.17) is 16.6 Å². The van der Waals surface area contributed by atoms with Gasteiger partial charge in [-0.15, -0.1) is 0 Å². The molecule has 0 fully saturated rings. The summed E-state index contributed by atoms with van der Waals surface area (Å²) in [4.78, 5) is 64.4. The highest BCUT2D eigenvalue weighted by Gasteiger charge is 2.29. The number of nitrogens with one attached hydrogen (secondary N) is 4. The first kappa shape index (κ1) is 28.9. The quantitative estimate of drug-likeness (QED) is 0.146. The normalized spacial score (nSPS) is 13.2. The number of benzene rings is 2. The number of rotatable bonds is 14. The van der Waals surface area contributed by atoms with Gasteiger partial charge in [0.2, 0.25) is 23.6 Å². The molecule has 1 aromatic heterocycles. The zero-order valence-corrected chi connectivity index (χ0v) is 21.2. The summed E-state index contributed by atoms with van der Waals surface area (Å²) in [6.45, 7) is -0.627. The van der Waals surface area contributed by atoms with E-state index in [1.165, 1.54) is 0 Å². The number of amides is 4. The summed E-state index contributed by atoms with van der Waals surface area (Å²) in [5, 5.41) is 17.4.